The molecule has 2 rings (SSSR count). The molecule has 0 radical (unpaired) electrons. The van der Waals surface area contributed by atoms with Crippen LogP contribution in [0.5, 0.6) is 5.75 Å². The Hall–Kier alpha value is -1.70. The summed E-state index contributed by atoms with van der Waals surface area (Å²) in [7, 11) is 0. The number of phenols is 1. The number of aromatic hydroxyl groups is 1. The minimum absolute atomic E-state index is 0.128. The standard InChI is InChI=1S/C15H12BrClN2O/c1-15(9-18,10-3-2-4-12(20)7-10)19-11-5-6-14(17)13(16)8-11/h2-8,19-20H,1H3. The van der Waals surface area contributed by atoms with E-state index in [1.54, 1.807) is 49.4 Å². The molecule has 0 aliphatic carbocycles. The molecule has 0 amide bonds. The van der Waals surface area contributed by atoms with Gasteiger partial charge in [0.25, 0.3) is 0 Å². The normalized spacial score (nSPS) is 13.3. The first-order chi connectivity index (χ1) is 9.44. The molecule has 0 spiro atoms. The van der Waals surface area contributed by atoms with Crippen molar-refractivity contribution in [3.63, 3.8) is 0 Å². The summed E-state index contributed by atoms with van der Waals surface area (Å²) in [5, 5.41) is 22.8. The van der Waals surface area contributed by atoms with Crippen LogP contribution in [-0.2, 0) is 5.54 Å². The Morgan fingerprint density at radius 2 is 2.05 bits per heavy atom. The Bertz CT molecular complexity index is 684. The molecular formula is C15H12BrClN2O. The molecule has 2 aromatic carbocycles. The lowest BCUT2D eigenvalue weighted by molar-refractivity contribution is 0.473. The number of nitrogens with one attached hydrogen (secondary N) is 1. The fraction of sp³-hybridized carbons (Fsp3) is 0.133. The highest BCUT2D eigenvalue weighted by atomic mass is 79.9. The van der Waals surface area contributed by atoms with E-state index < -0.39 is 5.54 Å². The van der Waals surface area contributed by atoms with Crippen molar-refractivity contribution in [2.75, 3.05) is 5.32 Å². The molecule has 102 valence electrons. The van der Waals surface area contributed by atoms with E-state index in [9.17, 15) is 10.4 Å². The Morgan fingerprint density at radius 3 is 2.65 bits per heavy atom. The molecule has 1 unspecified atom stereocenters. The van der Waals surface area contributed by atoms with Crippen LogP contribution in [0.25, 0.3) is 0 Å². The summed E-state index contributed by atoms with van der Waals surface area (Å²) in [5.41, 5.74) is 0.492. The summed E-state index contributed by atoms with van der Waals surface area (Å²) in [4.78, 5) is 0. The second-order valence-electron chi connectivity index (χ2n) is 4.54. The fourth-order valence-electron chi connectivity index (χ4n) is 1.84. The van der Waals surface area contributed by atoms with Crippen LogP contribution >= 0.6 is 27.5 Å². The number of nitriles is 1. The van der Waals surface area contributed by atoms with Crippen molar-refractivity contribution < 1.29 is 5.11 Å². The molecule has 2 N–H and O–H groups in total. The van der Waals surface area contributed by atoms with Crippen LogP contribution in [0.1, 0.15) is 12.5 Å². The van der Waals surface area contributed by atoms with Crippen molar-refractivity contribution >= 4 is 33.2 Å². The summed E-state index contributed by atoms with van der Waals surface area (Å²) >= 11 is 9.30. The van der Waals surface area contributed by atoms with E-state index >= 15 is 0 Å². The summed E-state index contributed by atoms with van der Waals surface area (Å²) in [6.45, 7) is 1.75. The van der Waals surface area contributed by atoms with Gasteiger partial charge in [0.15, 0.2) is 0 Å². The van der Waals surface area contributed by atoms with Crippen LogP contribution in [0.2, 0.25) is 5.02 Å². The van der Waals surface area contributed by atoms with Crippen molar-refractivity contribution in [1.29, 1.82) is 5.26 Å². The number of hydrogen-bond acceptors (Lipinski definition) is 3. The minimum atomic E-state index is -0.952. The lowest BCUT2D eigenvalue weighted by Gasteiger charge is -2.25. The number of phenolic OH excluding ortho intramolecular Hbond substituents is 1. The number of hydrogen-bond donors (Lipinski definition) is 2. The maximum Gasteiger partial charge on any atom is 0.148 e. The minimum Gasteiger partial charge on any atom is -0.508 e. The zero-order chi connectivity index (χ0) is 14.8. The smallest absolute Gasteiger partial charge is 0.148 e. The zero-order valence-electron chi connectivity index (χ0n) is 10.7. The Kier molecular flexibility index (Phi) is 4.22. The van der Waals surface area contributed by atoms with Crippen molar-refractivity contribution in [1.82, 2.24) is 0 Å². The van der Waals surface area contributed by atoms with Crippen LogP contribution in [0, 0.1) is 11.3 Å². The topological polar surface area (TPSA) is 56.0 Å². The molecule has 5 heteroatoms. The zero-order valence-corrected chi connectivity index (χ0v) is 13.0. The molecule has 0 saturated heterocycles. The summed E-state index contributed by atoms with van der Waals surface area (Å²) in [6.07, 6.45) is 0. The first-order valence-electron chi connectivity index (χ1n) is 5.88. The highest BCUT2D eigenvalue weighted by Gasteiger charge is 2.26. The third-order valence-corrected chi connectivity index (χ3v) is 4.18. The van der Waals surface area contributed by atoms with Crippen LogP contribution in [0.4, 0.5) is 5.69 Å². The molecule has 0 aliphatic rings. The van der Waals surface area contributed by atoms with Crippen molar-refractivity contribution in [3.05, 3.63) is 57.5 Å². The van der Waals surface area contributed by atoms with Gasteiger partial charge in [-0.25, -0.2) is 0 Å². The average Bonchev–Trinajstić information content (AvgIpc) is 2.43. The number of benzene rings is 2. The van der Waals surface area contributed by atoms with E-state index in [1.807, 2.05) is 0 Å². The second kappa shape index (κ2) is 5.74. The van der Waals surface area contributed by atoms with Gasteiger partial charge in [0.1, 0.15) is 11.3 Å². The number of anilines is 1. The van der Waals surface area contributed by atoms with Gasteiger partial charge in [-0.3, -0.25) is 0 Å². The Labute approximate surface area is 130 Å². The SMILES string of the molecule is CC(C#N)(Nc1ccc(Cl)c(Br)c1)c1cccc(O)c1. The van der Waals surface area contributed by atoms with Gasteiger partial charge in [0, 0.05) is 10.2 Å². The van der Waals surface area contributed by atoms with Crippen molar-refractivity contribution in [3.8, 4) is 11.8 Å². The van der Waals surface area contributed by atoms with E-state index in [0.717, 1.165) is 10.2 Å². The summed E-state index contributed by atoms with van der Waals surface area (Å²) < 4.78 is 0.750. The van der Waals surface area contributed by atoms with E-state index in [-0.39, 0.29) is 5.75 Å². The molecule has 20 heavy (non-hydrogen) atoms. The quantitative estimate of drug-likeness (QED) is 0.845. The van der Waals surface area contributed by atoms with Gasteiger partial charge in [-0.05, 0) is 58.7 Å². The van der Waals surface area contributed by atoms with Crippen LogP contribution in [0.15, 0.2) is 46.9 Å². The molecule has 2 aromatic rings. The van der Waals surface area contributed by atoms with E-state index in [1.165, 1.54) is 0 Å². The molecule has 0 aliphatic heterocycles. The Balaban J connectivity index is 2.37. The van der Waals surface area contributed by atoms with Crippen LogP contribution in [-0.4, -0.2) is 5.11 Å². The van der Waals surface area contributed by atoms with Gasteiger partial charge >= 0.3 is 0 Å². The third-order valence-electron chi connectivity index (χ3n) is 2.96. The van der Waals surface area contributed by atoms with Gasteiger partial charge in [-0.2, -0.15) is 5.26 Å². The average molecular weight is 352 g/mol. The largest absolute Gasteiger partial charge is 0.508 e. The lowest BCUT2D eigenvalue weighted by Crippen LogP contribution is -2.29. The van der Waals surface area contributed by atoms with E-state index in [4.69, 9.17) is 11.6 Å². The molecule has 0 heterocycles. The molecule has 0 aromatic heterocycles. The van der Waals surface area contributed by atoms with Gasteiger partial charge in [0.2, 0.25) is 0 Å². The maximum absolute atomic E-state index is 9.56. The van der Waals surface area contributed by atoms with Gasteiger partial charge in [0.05, 0.1) is 11.1 Å². The first-order valence-corrected chi connectivity index (χ1v) is 7.06. The predicted molar refractivity (Wildman–Crippen MR) is 83.8 cm³/mol. The summed E-state index contributed by atoms with van der Waals surface area (Å²) in [6, 6.07) is 14.2. The molecule has 0 bridgehead atoms. The fourth-order valence-corrected chi connectivity index (χ4v) is 2.34. The third kappa shape index (κ3) is 3.06. The van der Waals surface area contributed by atoms with Crippen LogP contribution in [0.3, 0.4) is 0 Å². The second-order valence-corrected chi connectivity index (χ2v) is 5.80. The molecule has 1 atom stereocenters. The first kappa shape index (κ1) is 14.7. The van der Waals surface area contributed by atoms with E-state index in [2.05, 4.69) is 27.3 Å². The van der Waals surface area contributed by atoms with E-state index in [0.29, 0.717) is 10.6 Å². The van der Waals surface area contributed by atoms with Crippen molar-refractivity contribution in [2.45, 2.75) is 12.5 Å². The molecular weight excluding hydrogens is 340 g/mol. The summed E-state index contributed by atoms with van der Waals surface area (Å²) in [5.74, 6) is 0.128. The van der Waals surface area contributed by atoms with Gasteiger partial charge in [-0.15, -0.1) is 0 Å². The van der Waals surface area contributed by atoms with Gasteiger partial charge < -0.3 is 10.4 Å². The Morgan fingerprint density at radius 1 is 1.30 bits per heavy atom. The maximum atomic E-state index is 9.56. The number of rotatable bonds is 3. The van der Waals surface area contributed by atoms with Crippen LogP contribution < -0.4 is 5.32 Å². The lowest BCUT2D eigenvalue weighted by atomic mass is 9.93. The predicted octanol–water partition coefficient (Wildman–Crippen LogP) is 4.66. The molecule has 0 saturated carbocycles. The number of nitrogens with zero attached hydrogens (tertiary/aromatic N) is 1. The highest BCUT2D eigenvalue weighted by Crippen LogP contribution is 2.31. The van der Waals surface area contributed by atoms with Crippen molar-refractivity contribution in [2.24, 2.45) is 0 Å². The molecule has 0 fully saturated rings. The molecule has 3 nitrogen and oxygen atoms in total. The highest BCUT2D eigenvalue weighted by molar-refractivity contribution is 9.10. The monoisotopic (exact) mass is 350 g/mol. The van der Waals surface area contributed by atoms with Gasteiger partial charge in [-0.1, -0.05) is 23.7 Å². The number of halogens is 2.